The fraction of sp³-hybridized carbons (Fsp3) is 0.423. The monoisotopic (exact) mass is 448 g/mol. The summed E-state index contributed by atoms with van der Waals surface area (Å²) in [4.78, 5) is 23.5. The number of primary amides is 1. The van der Waals surface area contributed by atoms with Crippen molar-refractivity contribution >= 4 is 22.8 Å². The Morgan fingerprint density at radius 1 is 1.24 bits per heavy atom. The van der Waals surface area contributed by atoms with E-state index in [9.17, 15) is 9.90 Å². The van der Waals surface area contributed by atoms with Gasteiger partial charge in [-0.3, -0.25) is 0 Å². The van der Waals surface area contributed by atoms with E-state index in [-0.39, 0.29) is 17.8 Å². The van der Waals surface area contributed by atoms with Crippen LogP contribution in [-0.2, 0) is 4.74 Å². The van der Waals surface area contributed by atoms with Gasteiger partial charge in [-0.1, -0.05) is 32.0 Å². The van der Waals surface area contributed by atoms with Gasteiger partial charge in [0.1, 0.15) is 17.7 Å². The number of hydrogen-bond donors (Lipinski definition) is 2. The molecule has 0 saturated carbocycles. The van der Waals surface area contributed by atoms with Gasteiger partial charge in [0.05, 0.1) is 11.1 Å². The lowest BCUT2D eigenvalue weighted by Gasteiger charge is -2.38. The number of fused-ring (bicyclic) bond motifs is 1. The molecule has 0 radical (unpaired) electrons. The van der Waals surface area contributed by atoms with Gasteiger partial charge in [0.25, 0.3) is 0 Å². The molecule has 2 heterocycles. The van der Waals surface area contributed by atoms with E-state index >= 15 is 0 Å². The van der Waals surface area contributed by atoms with E-state index in [1.165, 1.54) is 0 Å². The quantitative estimate of drug-likeness (QED) is 0.548. The molecule has 1 fully saturated rings. The summed E-state index contributed by atoms with van der Waals surface area (Å²) in [6, 6.07) is 13.3. The van der Waals surface area contributed by atoms with Gasteiger partial charge in [-0.15, -0.1) is 0 Å². The van der Waals surface area contributed by atoms with Crippen LogP contribution in [-0.4, -0.2) is 40.4 Å². The number of phenolic OH excluding ortho intramolecular Hbond substituents is 1. The smallest absolute Gasteiger partial charge is 0.404 e. The number of nitrogens with zero attached hydrogens (tertiary/aromatic N) is 3. The summed E-state index contributed by atoms with van der Waals surface area (Å²) >= 11 is 0. The molecule has 3 N–H and O–H groups in total. The second-order valence-electron chi connectivity index (χ2n) is 9.36. The standard InChI is InChI=1S/C26H32N4O3/c1-16(2)13-23(33-26(27)32)18-7-6-12-30(15-18)25-19-11-10-17(3)14-21(19)28-24(29-25)20-8-4-5-9-22(20)31/h4-5,8-11,14,16,18,23,31H,6-7,12-13,15H2,1-3H3,(H2,27,32). The van der Waals surface area contributed by atoms with E-state index in [0.29, 0.717) is 23.9 Å². The molecule has 7 nitrogen and oxygen atoms in total. The van der Waals surface area contributed by atoms with Crippen molar-refractivity contribution < 1.29 is 14.6 Å². The molecule has 1 aliphatic rings. The number of benzene rings is 2. The largest absolute Gasteiger partial charge is 0.507 e. The molecule has 2 atom stereocenters. The number of hydrogen-bond acceptors (Lipinski definition) is 6. The normalized spacial score (nSPS) is 17.3. The number of ether oxygens (including phenoxy) is 1. The average Bonchev–Trinajstić information content (AvgIpc) is 2.77. The highest BCUT2D eigenvalue weighted by molar-refractivity contribution is 5.92. The van der Waals surface area contributed by atoms with Crippen molar-refractivity contribution in [1.29, 1.82) is 0 Å². The zero-order valence-corrected chi connectivity index (χ0v) is 19.5. The van der Waals surface area contributed by atoms with E-state index in [0.717, 1.165) is 48.1 Å². The molecule has 1 amide bonds. The summed E-state index contributed by atoms with van der Waals surface area (Å²) < 4.78 is 5.54. The van der Waals surface area contributed by atoms with Crippen molar-refractivity contribution in [3.05, 3.63) is 48.0 Å². The van der Waals surface area contributed by atoms with Gasteiger partial charge in [-0.05, 0) is 61.9 Å². The summed E-state index contributed by atoms with van der Waals surface area (Å²) in [5, 5.41) is 11.4. The molecule has 1 aromatic heterocycles. The topological polar surface area (TPSA) is 102 Å². The number of piperidine rings is 1. The number of rotatable bonds is 6. The Hall–Kier alpha value is -3.35. The Balaban J connectivity index is 1.74. The molecule has 33 heavy (non-hydrogen) atoms. The number of phenols is 1. The zero-order chi connectivity index (χ0) is 23.5. The van der Waals surface area contributed by atoms with Crippen molar-refractivity contribution in [1.82, 2.24) is 9.97 Å². The van der Waals surface area contributed by atoms with Gasteiger partial charge in [-0.25, -0.2) is 14.8 Å². The van der Waals surface area contributed by atoms with Gasteiger partial charge in [0, 0.05) is 24.4 Å². The van der Waals surface area contributed by atoms with Crippen LogP contribution in [0.25, 0.3) is 22.3 Å². The molecule has 2 unspecified atom stereocenters. The predicted octanol–water partition coefficient (Wildman–Crippen LogP) is 5.04. The molecule has 1 aliphatic heterocycles. The summed E-state index contributed by atoms with van der Waals surface area (Å²) in [7, 11) is 0. The first-order chi connectivity index (χ1) is 15.8. The number of carbonyl (C=O) groups is 1. The van der Waals surface area contributed by atoms with Crippen molar-refractivity contribution in [3.63, 3.8) is 0 Å². The van der Waals surface area contributed by atoms with Gasteiger partial charge in [0.15, 0.2) is 5.82 Å². The molecule has 3 aromatic rings. The number of aromatic hydroxyl groups is 1. The second kappa shape index (κ2) is 9.65. The lowest BCUT2D eigenvalue weighted by atomic mass is 9.87. The number of aromatic nitrogens is 2. The molecule has 174 valence electrons. The van der Waals surface area contributed by atoms with Gasteiger partial charge >= 0.3 is 6.09 Å². The maximum atomic E-state index is 11.6. The van der Waals surface area contributed by atoms with Crippen LogP contribution in [0.5, 0.6) is 5.75 Å². The maximum absolute atomic E-state index is 11.6. The van der Waals surface area contributed by atoms with Gasteiger partial charge in [0.2, 0.25) is 0 Å². The van der Waals surface area contributed by atoms with Crippen LogP contribution >= 0.6 is 0 Å². The second-order valence-corrected chi connectivity index (χ2v) is 9.36. The van der Waals surface area contributed by atoms with Crippen LogP contribution in [0.15, 0.2) is 42.5 Å². The molecular formula is C26H32N4O3. The van der Waals surface area contributed by atoms with E-state index in [4.69, 9.17) is 20.4 Å². The summed E-state index contributed by atoms with van der Waals surface area (Å²) in [6.07, 6.45) is 1.76. The van der Waals surface area contributed by atoms with Crippen molar-refractivity contribution in [2.24, 2.45) is 17.6 Å². The molecule has 0 bridgehead atoms. The number of carbonyl (C=O) groups excluding carboxylic acids is 1. The lowest BCUT2D eigenvalue weighted by molar-refractivity contribution is 0.0489. The van der Waals surface area contributed by atoms with Crippen LogP contribution in [0, 0.1) is 18.8 Å². The Kier molecular flexibility index (Phi) is 6.67. The summed E-state index contributed by atoms with van der Waals surface area (Å²) in [5.41, 5.74) is 7.94. The average molecular weight is 449 g/mol. The fourth-order valence-corrected chi connectivity index (χ4v) is 4.70. The molecule has 0 spiro atoms. The molecule has 7 heteroatoms. The number of nitrogens with two attached hydrogens (primary N) is 1. The third kappa shape index (κ3) is 5.18. The van der Waals surface area contributed by atoms with E-state index < -0.39 is 6.09 Å². The third-order valence-corrected chi connectivity index (χ3v) is 6.23. The first-order valence-electron chi connectivity index (χ1n) is 11.6. The van der Waals surface area contributed by atoms with Crippen LogP contribution in [0.3, 0.4) is 0 Å². The Labute approximate surface area is 194 Å². The molecule has 1 saturated heterocycles. The minimum absolute atomic E-state index is 0.152. The first-order valence-corrected chi connectivity index (χ1v) is 11.6. The molecule has 2 aromatic carbocycles. The number of anilines is 1. The highest BCUT2D eigenvalue weighted by Gasteiger charge is 2.31. The van der Waals surface area contributed by atoms with E-state index in [2.05, 4.69) is 30.9 Å². The Morgan fingerprint density at radius 3 is 2.76 bits per heavy atom. The Morgan fingerprint density at radius 2 is 2.03 bits per heavy atom. The van der Waals surface area contributed by atoms with Crippen LogP contribution < -0.4 is 10.6 Å². The first kappa shape index (κ1) is 22.8. The summed E-state index contributed by atoms with van der Waals surface area (Å²) in [6.45, 7) is 7.84. The predicted molar refractivity (Wildman–Crippen MR) is 130 cm³/mol. The number of aryl methyl sites for hydroxylation is 1. The molecule has 4 rings (SSSR count). The highest BCUT2D eigenvalue weighted by atomic mass is 16.6. The minimum atomic E-state index is -0.720. The SMILES string of the molecule is Cc1ccc2c(N3CCCC(C(CC(C)C)OC(N)=O)C3)nc(-c3ccccc3O)nc2c1. The van der Waals surface area contributed by atoms with Crippen molar-refractivity contribution in [3.8, 4) is 17.1 Å². The number of amides is 1. The minimum Gasteiger partial charge on any atom is -0.507 e. The van der Waals surface area contributed by atoms with Crippen LogP contribution in [0.2, 0.25) is 0 Å². The lowest BCUT2D eigenvalue weighted by Crippen LogP contribution is -2.43. The Bertz CT molecular complexity index is 1150. The van der Waals surface area contributed by atoms with Crippen LogP contribution in [0.1, 0.15) is 38.7 Å². The number of para-hydroxylation sites is 1. The van der Waals surface area contributed by atoms with Crippen molar-refractivity contribution in [2.45, 2.75) is 46.1 Å². The fourth-order valence-electron chi connectivity index (χ4n) is 4.70. The highest BCUT2D eigenvalue weighted by Crippen LogP contribution is 2.35. The van der Waals surface area contributed by atoms with Gasteiger partial charge < -0.3 is 20.5 Å². The van der Waals surface area contributed by atoms with Gasteiger partial charge in [-0.2, -0.15) is 0 Å². The van der Waals surface area contributed by atoms with Crippen molar-refractivity contribution in [2.75, 3.05) is 18.0 Å². The third-order valence-electron chi connectivity index (χ3n) is 6.23. The van der Waals surface area contributed by atoms with E-state index in [1.54, 1.807) is 12.1 Å². The molecular weight excluding hydrogens is 416 g/mol. The summed E-state index contributed by atoms with van der Waals surface area (Å²) in [5.74, 6) is 2.04. The maximum Gasteiger partial charge on any atom is 0.404 e. The molecule has 0 aliphatic carbocycles. The zero-order valence-electron chi connectivity index (χ0n) is 19.5. The van der Waals surface area contributed by atoms with E-state index in [1.807, 2.05) is 25.1 Å². The van der Waals surface area contributed by atoms with Crippen LogP contribution in [0.4, 0.5) is 10.6 Å².